The number of nitrogens with one attached hydrogen (secondary N) is 1. The standard InChI is InChI=1S/C15H22N4O2/c1-5-6-10(14(20)21)17-13-11-9-12(15(2,3)4)18-19(11)8-7-16-13/h7-10H,5-6H2,1-4H3,(H,16,17)(H,20,21). The molecule has 6 nitrogen and oxygen atoms in total. The van der Waals surface area contributed by atoms with Crippen LogP contribution in [0.15, 0.2) is 18.5 Å². The highest BCUT2D eigenvalue weighted by Gasteiger charge is 2.21. The van der Waals surface area contributed by atoms with Crippen molar-refractivity contribution in [2.45, 2.75) is 52.0 Å². The molecule has 2 N–H and O–H groups in total. The molecule has 2 aromatic rings. The molecule has 0 radical (unpaired) electrons. The Balaban J connectivity index is 2.40. The van der Waals surface area contributed by atoms with Crippen LogP contribution in [0.1, 0.15) is 46.2 Å². The van der Waals surface area contributed by atoms with Gasteiger partial charge in [-0.2, -0.15) is 5.10 Å². The van der Waals surface area contributed by atoms with Crippen LogP contribution in [0.25, 0.3) is 5.52 Å². The number of hydrogen-bond acceptors (Lipinski definition) is 4. The summed E-state index contributed by atoms with van der Waals surface area (Å²) in [5, 5.41) is 16.8. The first-order valence-corrected chi connectivity index (χ1v) is 7.17. The lowest BCUT2D eigenvalue weighted by molar-refractivity contribution is -0.138. The van der Waals surface area contributed by atoms with Crippen molar-refractivity contribution in [3.05, 3.63) is 24.2 Å². The number of carbonyl (C=O) groups is 1. The third-order valence-corrected chi connectivity index (χ3v) is 3.34. The first-order valence-electron chi connectivity index (χ1n) is 7.17. The van der Waals surface area contributed by atoms with Crippen LogP contribution in [0.4, 0.5) is 5.82 Å². The number of fused-ring (bicyclic) bond motifs is 1. The number of anilines is 1. The summed E-state index contributed by atoms with van der Waals surface area (Å²) in [5.74, 6) is -0.308. The molecule has 114 valence electrons. The first kappa shape index (κ1) is 15.3. The predicted octanol–water partition coefficient (Wildman–Crippen LogP) is 2.69. The lowest BCUT2D eigenvalue weighted by atomic mass is 9.92. The van der Waals surface area contributed by atoms with Crippen LogP contribution in [0.2, 0.25) is 0 Å². The molecule has 0 aliphatic carbocycles. The Kier molecular flexibility index (Phi) is 4.16. The largest absolute Gasteiger partial charge is 0.480 e. The molecule has 0 saturated carbocycles. The Morgan fingerprint density at radius 3 is 2.76 bits per heavy atom. The van der Waals surface area contributed by atoms with Gasteiger partial charge in [-0.1, -0.05) is 34.1 Å². The fraction of sp³-hybridized carbons (Fsp3) is 0.533. The van der Waals surface area contributed by atoms with E-state index < -0.39 is 12.0 Å². The number of aliphatic carboxylic acids is 1. The van der Waals surface area contributed by atoms with Crippen LogP contribution in [-0.4, -0.2) is 31.7 Å². The van der Waals surface area contributed by atoms with E-state index in [9.17, 15) is 9.90 Å². The number of carboxylic acid groups (broad SMARTS) is 1. The molecule has 0 bridgehead atoms. The molecule has 0 saturated heterocycles. The second-order valence-corrected chi connectivity index (χ2v) is 6.21. The van der Waals surface area contributed by atoms with Gasteiger partial charge in [-0.3, -0.25) is 0 Å². The Morgan fingerprint density at radius 1 is 1.48 bits per heavy atom. The maximum absolute atomic E-state index is 11.3. The molecule has 0 fully saturated rings. The normalized spacial score (nSPS) is 13.3. The molecular formula is C15H22N4O2. The minimum absolute atomic E-state index is 0.0705. The summed E-state index contributed by atoms with van der Waals surface area (Å²) in [4.78, 5) is 15.6. The van der Waals surface area contributed by atoms with E-state index >= 15 is 0 Å². The van der Waals surface area contributed by atoms with Gasteiger partial charge in [-0.15, -0.1) is 0 Å². The average Bonchev–Trinajstić information content (AvgIpc) is 2.83. The molecular weight excluding hydrogens is 268 g/mol. The van der Waals surface area contributed by atoms with Crippen LogP contribution in [-0.2, 0) is 10.2 Å². The van der Waals surface area contributed by atoms with Crippen molar-refractivity contribution in [2.75, 3.05) is 5.32 Å². The molecule has 1 atom stereocenters. The molecule has 0 aliphatic heterocycles. The summed E-state index contributed by atoms with van der Waals surface area (Å²) in [5.41, 5.74) is 1.67. The molecule has 2 aromatic heterocycles. The minimum atomic E-state index is -0.865. The number of nitrogens with zero attached hydrogens (tertiary/aromatic N) is 3. The van der Waals surface area contributed by atoms with Crippen LogP contribution >= 0.6 is 0 Å². The third kappa shape index (κ3) is 3.32. The van der Waals surface area contributed by atoms with E-state index in [1.165, 1.54) is 0 Å². The highest BCUT2D eigenvalue weighted by molar-refractivity contribution is 5.79. The molecule has 0 aliphatic rings. The lowest BCUT2D eigenvalue weighted by Crippen LogP contribution is -2.29. The van der Waals surface area contributed by atoms with Crippen LogP contribution in [0, 0.1) is 0 Å². The predicted molar refractivity (Wildman–Crippen MR) is 81.6 cm³/mol. The fourth-order valence-electron chi connectivity index (χ4n) is 2.11. The van der Waals surface area contributed by atoms with Gasteiger partial charge < -0.3 is 10.4 Å². The Hall–Kier alpha value is -2.11. The zero-order valence-electron chi connectivity index (χ0n) is 12.9. The molecule has 21 heavy (non-hydrogen) atoms. The maximum atomic E-state index is 11.3. The first-order chi connectivity index (χ1) is 9.82. The van der Waals surface area contributed by atoms with E-state index in [1.807, 2.05) is 13.0 Å². The fourth-order valence-corrected chi connectivity index (χ4v) is 2.11. The lowest BCUT2D eigenvalue weighted by Gasteiger charge is -2.14. The topological polar surface area (TPSA) is 79.5 Å². The molecule has 0 amide bonds. The van der Waals surface area contributed by atoms with Crippen LogP contribution in [0.3, 0.4) is 0 Å². The van der Waals surface area contributed by atoms with Gasteiger partial charge in [0.05, 0.1) is 5.69 Å². The van der Waals surface area contributed by atoms with E-state index in [1.54, 1.807) is 16.9 Å². The van der Waals surface area contributed by atoms with E-state index in [0.29, 0.717) is 12.2 Å². The average molecular weight is 290 g/mol. The quantitative estimate of drug-likeness (QED) is 0.885. The minimum Gasteiger partial charge on any atom is -0.480 e. The second-order valence-electron chi connectivity index (χ2n) is 6.21. The maximum Gasteiger partial charge on any atom is 0.326 e. The second kappa shape index (κ2) is 5.71. The van der Waals surface area contributed by atoms with Gasteiger partial charge in [0.15, 0.2) is 5.82 Å². The number of rotatable bonds is 5. The van der Waals surface area contributed by atoms with Gasteiger partial charge in [0.1, 0.15) is 11.6 Å². The smallest absolute Gasteiger partial charge is 0.326 e. The molecule has 1 unspecified atom stereocenters. The van der Waals surface area contributed by atoms with Crippen molar-refractivity contribution in [1.29, 1.82) is 0 Å². The van der Waals surface area contributed by atoms with Gasteiger partial charge in [-0.05, 0) is 12.5 Å². The number of hydrogen-bond donors (Lipinski definition) is 2. The van der Waals surface area contributed by atoms with Crippen molar-refractivity contribution in [2.24, 2.45) is 0 Å². The van der Waals surface area contributed by atoms with Crippen molar-refractivity contribution in [3.63, 3.8) is 0 Å². The van der Waals surface area contributed by atoms with Crippen molar-refractivity contribution in [1.82, 2.24) is 14.6 Å². The van der Waals surface area contributed by atoms with Crippen molar-refractivity contribution in [3.8, 4) is 0 Å². The SMILES string of the molecule is CCCC(Nc1nccn2nc(C(C)(C)C)cc12)C(=O)O. The van der Waals surface area contributed by atoms with Crippen LogP contribution in [0.5, 0.6) is 0 Å². The number of aromatic nitrogens is 3. The van der Waals surface area contributed by atoms with Gasteiger partial charge in [-0.25, -0.2) is 14.3 Å². The molecule has 0 aromatic carbocycles. The van der Waals surface area contributed by atoms with E-state index in [-0.39, 0.29) is 5.41 Å². The van der Waals surface area contributed by atoms with E-state index in [4.69, 9.17) is 0 Å². The van der Waals surface area contributed by atoms with Crippen molar-refractivity contribution >= 4 is 17.3 Å². The highest BCUT2D eigenvalue weighted by atomic mass is 16.4. The summed E-state index contributed by atoms with van der Waals surface area (Å²) >= 11 is 0. The Morgan fingerprint density at radius 2 is 2.19 bits per heavy atom. The zero-order chi connectivity index (χ0) is 15.6. The monoisotopic (exact) mass is 290 g/mol. The summed E-state index contributed by atoms with van der Waals surface area (Å²) in [7, 11) is 0. The van der Waals surface area contributed by atoms with E-state index in [0.717, 1.165) is 17.6 Å². The molecule has 0 spiro atoms. The Bertz CT molecular complexity index is 643. The Labute approximate surface area is 124 Å². The molecule has 2 heterocycles. The summed E-state index contributed by atoms with van der Waals surface area (Å²) in [6, 6.07) is 1.32. The van der Waals surface area contributed by atoms with Crippen LogP contribution < -0.4 is 5.32 Å². The molecule has 2 rings (SSSR count). The highest BCUT2D eigenvalue weighted by Crippen LogP contribution is 2.25. The number of carboxylic acids is 1. The zero-order valence-corrected chi connectivity index (χ0v) is 12.9. The summed E-state index contributed by atoms with van der Waals surface area (Å²) < 4.78 is 1.74. The van der Waals surface area contributed by atoms with Crippen molar-refractivity contribution < 1.29 is 9.90 Å². The van der Waals surface area contributed by atoms with Gasteiger partial charge >= 0.3 is 5.97 Å². The third-order valence-electron chi connectivity index (χ3n) is 3.34. The van der Waals surface area contributed by atoms with E-state index in [2.05, 4.69) is 36.2 Å². The van der Waals surface area contributed by atoms with Gasteiger partial charge in [0.25, 0.3) is 0 Å². The van der Waals surface area contributed by atoms with Gasteiger partial charge in [0, 0.05) is 17.8 Å². The summed E-state index contributed by atoms with van der Waals surface area (Å²) in [6.07, 6.45) is 4.74. The molecule has 6 heteroatoms. The van der Waals surface area contributed by atoms with Gasteiger partial charge in [0.2, 0.25) is 0 Å². The summed E-state index contributed by atoms with van der Waals surface area (Å²) in [6.45, 7) is 8.23.